The Morgan fingerprint density at radius 2 is 0.875 bits per heavy atom. The number of nitrogens with zero attached hydrogens (tertiary/aromatic N) is 4. The van der Waals surface area contributed by atoms with Crippen LogP contribution in [0.5, 0.6) is 0 Å². The number of aromatic nitrogens is 4. The van der Waals surface area contributed by atoms with Gasteiger partial charge in [0, 0.05) is 22.5 Å². The molecule has 2 heterocycles. The molecule has 5 aromatic rings. The third-order valence-corrected chi connectivity index (χ3v) is 6.61. The molecule has 0 unspecified atom stereocenters. The van der Waals surface area contributed by atoms with Crippen LogP contribution in [0.1, 0.15) is 11.1 Å². The van der Waals surface area contributed by atoms with E-state index in [1.54, 1.807) is 0 Å². The number of benzene rings is 3. The van der Waals surface area contributed by atoms with Crippen LogP contribution in [0, 0.1) is 13.8 Å². The van der Waals surface area contributed by atoms with Gasteiger partial charge in [0.25, 0.3) is 0 Å². The monoisotopic (exact) mass is 456 g/mol. The minimum atomic E-state index is 0.767. The van der Waals surface area contributed by atoms with Crippen LogP contribution < -0.4 is 10.6 Å². The molecular formula is C24H20N6S2. The molecule has 0 fully saturated rings. The summed E-state index contributed by atoms with van der Waals surface area (Å²) in [5.74, 6) is 0. The molecule has 0 saturated carbocycles. The van der Waals surface area contributed by atoms with Crippen molar-refractivity contribution in [3.05, 3.63) is 83.9 Å². The Morgan fingerprint density at radius 1 is 0.500 bits per heavy atom. The molecule has 3 aromatic carbocycles. The highest BCUT2D eigenvalue weighted by atomic mass is 32.1. The lowest BCUT2D eigenvalue weighted by molar-refractivity contribution is 1.09. The van der Waals surface area contributed by atoms with E-state index in [0.717, 1.165) is 42.8 Å². The predicted molar refractivity (Wildman–Crippen MR) is 133 cm³/mol. The maximum absolute atomic E-state index is 4.33. The summed E-state index contributed by atoms with van der Waals surface area (Å²) in [5, 5.41) is 27.1. The van der Waals surface area contributed by atoms with Crippen LogP contribution in [0.4, 0.5) is 21.6 Å². The summed E-state index contributed by atoms with van der Waals surface area (Å²) in [7, 11) is 0. The number of hydrogen-bond acceptors (Lipinski definition) is 8. The lowest BCUT2D eigenvalue weighted by atomic mass is 10.1. The van der Waals surface area contributed by atoms with Crippen LogP contribution in [0.3, 0.4) is 0 Å². The van der Waals surface area contributed by atoms with E-state index < -0.39 is 0 Å². The molecule has 32 heavy (non-hydrogen) atoms. The van der Waals surface area contributed by atoms with Crippen molar-refractivity contribution in [2.75, 3.05) is 10.6 Å². The fraction of sp³-hybridized carbons (Fsp3) is 0.0833. The Bertz CT molecular complexity index is 1220. The van der Waals surface area contributed by atoms with Gasteiger partial charge in [0.15, 0.2) is 0 Å². The van der Waals surface area contributed by atoms with Crippen LogP contribution in [0.25, 0.3) is 21.1 Å². The largest absolute Gasteiger partial charge is 0.330 e. The molecule has 0 radical (unpaired) electrons. The van der Waals surface area contributed by atoms with Gasteiger partial charge in [-0.1, -0.05) is 82.3 Å². The quantitative estimate of drug-likeness (QED) is 0.292. The zero-order chi connectivity index (χ0) is 21.9. The average Bonchev–Trinajstić information content (AvgIpc) is 3.47. The molecule has 8 heteroatoms. The highest BCUT2D eigenvalue weighted by molar-refractivity contribution is 7.18. The van der Waals surface area contributed by atoms with Crippen molar-refractivity contribution in [1.82, 2.24) is 20.4 Å². The van der Waals surface area contributed by atoms with Gasteiger partial charge in [-0.05, 0) is 38.1 Å². The molecule has 2 aromatic heterocycles. The number of aryl methyl sites for hydroxylation is 2. The summed E-state index contributed by atoms with van der Waals surface area (Å²) >= 11 is 3.05. The molecule has 0 aliphatic rings. The van der Waals surface area contributed by atoms with E-state index in [4.69, 9.17) is 0 Å². The second-order valence-electron chi connectivity index (χ2n) is 7.38. The minimum Gasteiger partial charge on any atom is -0.330 e. The van der Waals surface area contributed by atoms with Crippen LogP contribution >= 0.6 is 22.7 Å². The number of hydrogen-bond donors (Lipinski definition) is 2. The van der Waals surface area contributed by atoms with Crippen molar-refractivity contribution < 1.29 is 0 Å². The first-order valence-electron chi connectivity index (χ1n) is 10.1. The Labute approximate surface area is 194 Å². The van der Waals surface area contributed by atoms with Crippen LogP contribution in [0.15, 0.2) is 72.8 Å². The summed E-state index contributed by atoms with van der Waals surface area (Å²) in [5.41, 5.74) is 6.49. The van der Waals surface area contributed by atoms with E-state index in [2.05, 4.69) is 69.1 Å². The van der Waals surface area contributed by atoms with Gasteiger partial charge in [0.05, 0.1) is 0 Å². The number of nitrogens with one attached hydrogen (secondary N) is 2. The van der Waals surface area contributed by atoms with Gasteiger partial charge in [-0.3, -0.25) is 0 Å². The van der Waals surface area contributed by atoms with Crippen LogP contribution in [0.2, 0.25) is 0 Å². The first-order chi connectivity index (χ1) is 15.6. The molecule has 0 saturated heterocycles. The summed E-state index contributed by atoms with van der Waals surface area (Å²) in [6.07, 6.45) is 0. The Morgan fingerprint density at radius 3 is 1.25 bits per heavy atom. The van der Waals surface area contributed by atoms with E-state index in [1.165, 1.54) is 33.8 Å². The second-order valence-corrected chi connectivity index (χ2v) is 9.34. The van der Waals surface area contributed by atoms with Crippen molar-refractivity contribution in [2.24, 2.45) is 0 Å². The molecule has 6 nitrogen and oxygen atoms in total. The molecule has 0 aliphatic heterocycles. The average molecular weight is 457 g/mol. The van der Waals surface area contributed by atoms with E-state index in [9.17, 15) is 0 Å². The normalized spacial score (nSPS) is 10.8. The lowest BCUT2D eigenvalue weighted by Gasteiger charge is -2.01. The van der Waals surface area contributed by atoms with Gasteiger partial charge in [0.2, 0.25) is 10.3 Å². The second kappa shape index (κ2) is 8.86. The van der Waals surface area contributed by atoms with Gasteiger partial charge in [0.1, 0.15) is 10.0 Å². The summed E-state index contributed by atoms with van der Waals surface area (Å²) in [6, 6.07) is 24.6. The number of rotatable bonds is 6. The van der Waals surface area contributed by atoms with Crippen molar-refractivity contribution in [1.29, 1.82) is 0 Å². The SMILES string of the molecule is Cc1ccc(Nc2nnc(-c3ccc(-c4nnc(Nc5ccc(C)cc5)s4)cc3)s2)cc1. The Hall–Kier alpha value is -3.62. The smallest absolute Gasteiger partial charge is 0.210 e. The minimum absolute atomic E-state index is 0.767. The van der Waals surface area contributed by atoms with Crippen LogP contribution in [-0.2, 0) is 0 Å². The molecule has 0 spiro atoms. The topological polar surface area (TPSA) is 75.6 Å². The van der Waals surface area contributed by atoms with Gasteiger partial charge < -0.3 is 10.6 Å². The molecule has 0 amide bonds. The van der Waals surface area contributed by atoms with E-state index >= 15 is 0 Å². The first-order valence-corrected chi connectivity index (χ1v) is 11.7. The van der Waals surface area contributed by atoms with E-state index in [-0.39, 0.29) is 0 Å². The standard InChI is InChI=1S/C24H20N6S2/c1-15-3-11-19(12-4-15)25-23-29-27-21(31-23)17-7-9-18(10-8-17)22-28-30-24(32-22)26-20-13-5-16(2)6-14-20/h3-14H,1-2H3,(H,25,29)(H,26,30). The molecule has 0 atom stereocenters. The summed E-state index contributed by atoms with van der Waals surface area (Å²) in [4.78, 5) is 0. The Kier molecular flexibility index (Phi) is 5.62. The lowest BCUT2D eigenvalue weighted by Crippen LogP contribution is -1.88. The van der Waals surface area contributed by atoms with Gasteiger partial charge in [-0.15, -0.1) is 20.4 Å². The highest BCUT2D eigenvalue weighted by Crippen LogP contribution is 2.32. The summed E-state index contributed by atoms with van der Waals surface area (Å²) in [6.45, 7) is 4.14. The Balaban J connectivity index is 1.27. The van der Waals surface area contributed by atoms with Crippen molar-refractivity contribution in [2.45, 2.75) is 13.8 Å². The van der Waals surface area contributed by atoms with E-state index in [1.807, 2.05) is 48.5 Å². The summed E-state index contributed by atoms with van der Waals surface area (Å²) < 4.78 is 0. The number of anilines is 4. The molecule has 0 aliphatic carbocycles. The highest BCUT2D eigenvalue weighted by Gasteiger charge is 2.10. The van der Waals surface area contributed by atoms with Gasteiger partial charge in [-0.25, -0.2) is 0 Å². The fourth-order valence-corrected chi connectivity index (χ4v) is 4.60. The van der Waals surface area contributed by atoms with Crippen molar-refractivity contribution in [3.63, 3.8) is 0 Å². The molecule has 0 bridgehead atoms. The maximum Gasteiger partial charge on any atom is 0.210 e. The molecule has 158 valence electrons. The molecular weight excluding hydrogens is 436 g/mol. The van der Waals surface area contributed by atoms with Gasteiger partial charge in [-0.2, -0.15) is 0 Å². The molecule has 5 rings (SSSR count). The first kappa shape index (κ1) is 20.3. The third kappa shape index (κ3) is 4.66. The fourth-order valence-electron chi connectivity index (χ4n) is 3.06. The maximum atomic E-state index is 4.33. The van der Waals surface area contributed by atoms with Crippen molar-refractivity contribution in [3.8, 4) is 21.1 Å². The predicted octanol–water partition coefficient (Wildman–Crippen LogP) is 6.83. The van der Waals surface area contributed by atoms with Crippen LogP contribution in [-0.4, -0.2) is 20.4 Å². The van der Waals surface area contributed by atoms with E-state index in [0.29, 0.717) is 0 Å². The molecule has 2 N–H and O–H groups in total. The van der Waals surface area contributed by atoms with Crippen molar-refractivity contribution >= 4 is 44.3 Å². The zero-order valence-electron chi connectivity index (χ0n) is 17.5. The van der Waals surface area contributed by atoms with Gasteiger partial charge >= 0.3 is 0 Å². The third-order valence-electron chi connectivity index (χ3n) is 4.83. The zero-order valence-corrected chi connectivity index (χ0v) is 19.2.